The molecule has 0 bridgehead atoms. The van der Waals surface area contributed by atoms with Crippen molar-refractivity contribution in [3.8, 4) is 5.75 Å². The van der Waals surface area contributed by atoms with E-state index < -0.39 is 6.09 Å². The van der Waals surface area contributed by atoms with Gasteiger partial charge in [-0.2, -0.15) is 0 Å². The molecule has 0 aliphatic heterocycles. The summed E-state index contributed by atoms with van der Waals surface area (Å²) in [6.45, 7) is 4.69. The zero-order valence-corrected chi connectivity index (χ0v) is 14.1. The monoisotopic (exact) mass is 348 g/mol. The number of phenolic OH excluding ortho intramolecular Hbond substituents is 1. The fourth-order valence-electron chi connectivity index (χ4n) is 2.42. The van der Waals surface area contributed by atoms with Gasteiger partial charge in [-0.05, 0) is 26.0 Å². The number of carbonyl (C=O) groups is 1. The maximum atomic E-state index is 12.2. The van der Waals surface area contributed by atoms with Crippen molar-refractivity contribution in [2.75, 3.05) is 18.6 Å². The van der Waals surface area contributed by atoms with Crippen LogP contribution in [0.3, 0.4) is 0 Å². The first-order valence-electron chi connectivity index (χ1n) is 7.94. The Hall–Kier alpha value is -3.00. The van der Waals surface area contributed by atoms with E-state index in [1.54, 1.807) is 18.2 Å². The van der Waals surface area contributed by atoms with Gasteiger partial charge < -0.3 is 14.7 Å². The molecule has 1 aliphatic carbocycles. The van der Waals surface area contributed by atoms with Gasteiger partial charge in [-0.25, -0.2) is 4.79 Å². The van der Waals surface area contributed by atoms with Crippen LogP contribution in [0.4, 0.5) is 16.2 Å². The number of hydrogen-bond donors (Lipinski definition) is 4. The number of allylic oxidation sites excluding steroid dienone is 4. The first-order chi connectivity index (χ1) is 12.0. The van der Waals surface area contributed by atoms with Gasteiger partial charge in [-0.3, -0.25) is 15.9 Å². The summed E-state index contributed by atoms with van der Waals surface area (Å²) in [5.41, 5.74) is 2.19. The van der Waals surface area contributed by atoms with Crippen LogP contribution >= 0.6 is 0 Å². The number of aromatic hydroxyl groups is 1. The Morgan fingerprint density at radius 1 is 1.36 bits per heavy atom. The van der Waals surface area contributed by atoms with Crippen LogP contribution in [0.25, 0.3) is 0 Å². The topological polar surface area (TPSA) is 105 Å². The van der Waals surface area contributed by atoms with Crippen molar-refractivity contribution in [3.63, 3.8) is 0 Å². The summed E-state index contributed by atoms with van der Waals surface area (Å²) in [4.78, 5) is 13.7. The van der Waals surface area contributed by atoms with Crippen molar-refractivity contribution in [3.05, 3.63) is 42.2 Å². The van der Waals surface area contributed by atoms with E-state index in [-0.39, 0.29) is 22.9 Å². The predicted octanol–water partition coefficient (Wildman–Crippen LogP) is 2.99. The van der Waals surface area contributed by atoms with Crippen molar-refractivity contribution in [2.24, 2.45) is 0 Å². The van der Waals surface area contributed by atoms with Gasteiger partial charge in [0.2, 0.25) is 5.76 Å². The first-order valence-corrected chi connectivity index (χ1v) is 7.94. The maximum Gasteiger partial charge on any atom is 0.415 e. The fraction of sp³-hybridized carbons (Fsp3) is 0.294. The van der Waals surface area contributed by atoms with E-state index >= 15 is 0 Å². The minimum absolute atomic E-state index is 0.0681. The third-order valence-electron chi connectivity index (χ3n) is 3.81. The molecule has 1 aliphatic rings. The van der Waals surface area contributed by atoms with Crippen LogP contribution in [-0.2, 0) is 4.74 Å². The third-order valence-corrected chi connectivity index (χ3v) is 3.81. The number of amides is 1. The summed E-state index contributed by atoms with van der Waals surface area (Å²) in [5, 5.41) is 29.6. The lowest BCUT2D eigenvalue weighted by Crippen LogP contribution is -2.33. The number of nitrogens with one attached hydrogen (secondary N) is 1. The number of hydrogen-bond acceptors (Lipinski definition) is 6. The number of carbonyl (C=O) groups excluding carboxylic acids is 1. The summed E-state index contributed by atoms with van der Waals surface area (Å²) >= 11 is 0. The van der Waals surface area contributed by atoms with Crippen LogP contribution in [0.15, 0.2) is 42.2 Å². The zero-order chi connectivity index (χ0) is 18.4. The van der Waals surface area contributed by atoms with E-state index in [9.17, 15) is 20.3 Å². The number of anilines is 1. The zero-order valence-electron chi connectivity index (χ0n) is 14.1. The van der Waals surface area contributed by atoms with Crippen LogP contribution in [-0.4, -0.2) is 50.1 Å². The molecule has 0 saturated heterocycles. The number of nitrogens with zero attached hydrogens (tertiary/aromatic N) is 2. The van der Waals surface area contributed by atoms with Crippen LogP contribution in [0.2, 0.25) is 0 Å². The minimum Gasteiger partial charge on any atom is -0.505 e. The van der Waals surface area contributed by atoms with Crippen molar-refractivity contribution in [1.29, 1.82) is 0 Å². The lowest BCUT2D eigenvalue weighted by Gasteiger charge is -2.19. The van der Waals surface area contributed by atoms with Crippen molar-refractivity contribution < 1.29 is 29.8 Å². The molecule has 0 heterocycles. The summed E-state index contributed by atoms with van der Waals surface area (Å²) in [5.74, 6) is -0.0502. The van der Waals surface area contributed by atoms with Gasteiger partial charge in [0.1, 0.15) is 5.75 Å². The van der Waals surface area contributed by atoms with Crippen LogP contribution in [0.5, 0.6) is 5.75 Å². The van der Waals surface area contributed by atoms with Crippen LogP contribution in [0.1, 0.15) is 20.3 Å². The molecule has 134 valence electrons. The summed E-state index contributed by atoms with van der Waals surface area (Å²) in [7, 11) is 0. The molecule has 25 heavy (non-hydrogen) atoms. The first kappa shape index (κ1) is 18.3. The van der Waals surface area contributed by atoms with Gasteiger partial charge in [0, 0.05) is 23.9 Å². The average Bonchev–Trinajstić information content (AvgIpc) is 2.62. The fourth-order valence-corrected chi connectivity index (χ4v) is 2.42. The van der Waals surface area contributed by atoms with Gasteiger partial charge in [-0.15, -0.1) is 0 Å². The van der Waals surface area contributed by atoms with Crippen molar-refractivity contribution in [2.45, 2.75) is 20.3 Å². The highest BCUT2D eigenvalue weighted by Gasteiger charge is 2.30. The molecule has 0 unspecified atom stereocenters. The second kappa shape index (κ2) is 8.20. The summed E-state index contributed by atoms with van der Waals surface area (Å²) < 4.78 is 6.17. The smallest absolute Gasteiger partial charge is 0.415 e. The van der Waals surface area contributed by atoms with Gasteiger partial charge in [0.15, 0.2) is 5.69 Å². The molecule has 1 aromatic rings. The molecule has 4 N–H and O–H groups in total. The highest BCUT2D eigenvalue weighted by atomic mass is 16.6. The number of phenols is 1. The van der Waals surface area contributed by atoms with Gasteiger partial charge in [0.25, 0.3) is 11.4 Å². The molecule has 0 aromatic heterocycles. The van der Waals surface area contributed by atoms with Crippen LogP contribution in [0, 0.1) is 0 Å². The summed E-state index contributed by atoms with van der Waals surface area (Å²) in [6.07, 6.45) is 4.85. The quantitative estimate of drug-likeness (QED) is 0.282. The predicted molar refractivity (Wildman–Crippen MR) is 91.5 cm³/mol. The highest BCUT2D eigenvalue weighted by Crippen LogP contribution is 2.33. The molecule has 0 spiro atoms. The Morgan fingerprint density at radius 3 is 2.72 bits per heavy atom. The second-order valence-electron chi connectivity index (χ2n) is 5.25. The maximum absolute atomic E-state index is 12.2. The lowest BCUT2D eigenvalue weighted by atomic mass is 10.1. The Kier molecular flexibility index (Phi) is 6.02. The molecular formula is C17H22N3O5+. The van der Waals surface area contributed by atoms with E-state index in [0.29, 0.717) is 25.2 Å². The van der Waals surface area contributed by atoms with Gasteiger partial charge in [-0.1, -0.05) is 18.2 Å². The molecule has 1 aromatic carbocycles. The molecule has 0 saturated carbocycles. The molecule has 8 heteroatoms. The van der Waals surface area contributed by atoms with Crippen molar-refractivity contribution in [1.82, 2.24) is 4.90 Å². The van der Waals surface area contributed by atoms with E-state index in [4.69, 9.17) is 4.74 Å². The molecule has 0 radical (unpaired) electrons. The molecule has 8 nitrogen and oxygen atoms in total. The number of rotatable bonds is 5. The van der Waals surface area contributed by atoms with E-state index in [1.807, 2.05) is 19.3 Å². The van der Waals surface area contributed by atoms with E-state index in [2.05, 4.69) is 0 Å². The standard InChI is InChI=1S/C17H21N3O5/c1-3-19(4-2)17(22)25-15-11-6-5-8-12(15)20(24)13-9-7-10-14(21)16(13)18-23/h5-7,9-11,18,23H,3-4,8H2,1-2H3,(H-,21,24)/p+1/b20-12-. The molecular weight excluding hydrogens is 326 g/mol. The Bertz CT molecular complexity index is 736. The largest absolute Gasteiger partial charge is 0.505 e. The second-order valence-corrected chi connectivity index (χ2v) is 5.25. The molecule has 1 amide bonds. The molecule has 2 rings (SSSR count). The normalized spacial score (nSPS) is 15.4. The Morgan fingerprint density at radius 2 is 2.08 bits per heavy atom. The Labute approximate surface area is 145 Å². The Balaban J connectivity index is 2.40. The molecule has 0 fully saturated rings. The van der Waals surface area contributed by atoms with E-state index in [1.165, 1.54) is 23.1 Å². The highest BCUT2D eigenvalue weighted by molar-refractivity contribution is 5.99. The van der Waals surface area contributed by atoms with E-state index in [0.717, 1.165) is 4.74 Å². The number of ether oxygens (including phenoxy) is 1. The van der Waals surface area contributed by atoms with Crippen molar-refractivity contribution >= 4 is 23.2 Å². The lowest BCUT2D eigenvalue weighted by molar-refractivity contribution is -0.713. The summed E-state index contributed by atoms with van der Waals surface area (Å²) in [6, 6.07) is 4.37. The van der Waals surface area contributed by atoms with Crippen LogP contribution < -0.4 is 5.48 Å². The SMILES string of the molecule is CCN(CC)C(=O)OC1=CC=CC/C1=[N+](/O)c1cccc(O)c1NO. The van der Waals surface area contributed by atoms with Gasteiger partial charge in [0.05, 0.1) is 6.42 Å². The van der Waals surface area contributed by atoms with Gasteiger partial charge >= 0.3 is 6.09 Å². The number of benzene rings is 1. The average molecular weight is 348 g/mol. The third kappa shape index (κ3) is 3.92. The minimum atomic E-state index is -0.520. The number of para-hydroxylation sites is 1. The molecule has 0 atom stereocenters.